The van der Waals surface area contributed by atoms with E-state index < -0.39 is 5.41 Å². The van der Waals surface area contributed by atoms with Crippen LogP contribution >= 0.6 is 0 Å². The van der Waals surface area contributed by atoms with E-state index in [2.05, 4.69) is 10.6 Å². The van der Waals surface area contributed by atoms with E-state index in [0.717, 1.165) is 16.9 Å². The van der Waals surface area contributed by atoms with E-state index >= 15 is 0 Å². The van der Waals surface area contributed by atoms with Crippen LogP contribution in [0, 0.1) is 12.3 Å². The molecule has 0 radical (unpaired) electrons. The number of carbonyl (C=O) groups excluding carboxylic acids is 1. The molecule has 4 N–H and O–H groups in total. The fourth-order valence-corrected chi connectivity index (χ4v) is 1.56. The molecule has 0 aliphatic rings. The van der Waals surface area contributed by atoms with E-state index in [1.807, 2.05) is 39.0 Å². The quantitative estimate of drug-likeness (QED) is 0.697. The molecule has 0 spiro atoms. The lowest BCUT2D eigenvalue weighted by Crippen LogP contribution is -2.39. The summed E-state index contributed by atoms with van der Waals surface area (Å²) in [5.74, 6) is 0.0200. The lowest BCUT2D eigenvalue weighted by atomic mass is 9.92. The van der Waals surface area contributed by atoms with Gasteiger partial charge in [-0.3, -0.25) is 4.79 Å². The number of amides is 1. The van der Waals surface area contributed by atoms with Crippen molar-refractivity contribution in [2.24, 2.45) is 5.41 Å². The predicted octanol–water partition coefficient (Wildman–Crippen LogP) is 1.76. The van der Waals surface area contributed by atoms with Crippen molar-refractivity contribution >= 4 is 17.3 Å². The van der Waals surface area contributed by atoms with Crippen LogP contribution in [0.5, 0.6) is 0 Å². The van der Waals surface area contributed by atoms with Gasteiger partial charge in [0.2, 0.25) is 5.91 Å². The van der Waals surface area contributed by atoms with Crippen LogP contribution in [0.15, 0.2) is 18.2 Å². The predicted molar refractivity (Wildman–Crippen MR) is 71.9 cm³/mol. The van der Waals surface area contributed by atoms with Crippen molar-refractivity contribution < 1.29 is 4.79 Å². The first-order valence-electron chi connectivity index (χ1n) is 5.69. The first-order chi connectivity index (χ1) is 7.86. The summed E-state index contributed by atoms with van der Waals surface area (Å²) in [5.41, 5.74) is 8.09. The fraction of sp³-hybridized carbons (Fsp3) is 0.462. The Kier molecular flexibility index (Phi) is 3.99. The maximum Gasteiger partial charge on any atom is 0.227 e. The molecule has 0 aromatic heterocycles. The lowest BCUT2D eigenvalue weighted by Gasteiger charge is -2.24. The average molecular weight is 235 g/mol. The minimum atomic E-state index is -0.453. The summed E-state index contributed by atoms with van der Waals surface area (Å²) in [6.45, 7) is 6.38. The highest BCUT2D eigenvalue weighted by molar-refractivity contribution is 5.82. The van der Waals surface area contributed by atoms with Gasteiger partial charge in [0.1, 0.15) is 0 Å². The van der Waals surface area contributed by atoms with Gasteiger partial charge in [0.05, 0.1) is 5.41 Å². The minimum Gasteiger partial charge on any atom is -0.399 e. The van der Waals surface area contributed by atoms with Crippen molar-refractivity contribution in [3.05, 3.63) is 23.8 Å². The monoisotopic (exact) mass is 235 g/mol. The molecule has 4 heteroatoms. The molecule has 0 heterocycles. The Bertz CT molecular complexity index is 413. The van der Waals surface area contributed by atoms with Gasteiger partial charge in [0.15, 0.2) is 0 Å². The minimum absolute atomic E-state index is 0.0200. The lowest BCUT2D eigenvalue weighted by molar-refractivity contribution is -0.128. The van der Waals surface area contributed by atoms with E-state index in [4.69, 9.17) is 5.73 Å². The SMILES string of the molecule is CNC(=O)C(C)(C)CNc1cc(N)ccc1C. The van der Waals surface area contributed by atoms with Crippen molar-refractivity contribution in [1.82, 2.24) is 5.32 Å². The highest BCUT2D eigenvalue weighted by Crippen LogP contribution is 2.21. The molecule has 0 unspecified atom stereocenters. The molecule has 1 aromatic carbocycles. The molecule has 4 nitrogen and oxygen atoms in total. The Morgan fingerprint density at radius 2 is 2.06 bits per heavy atom. The Hall–Kier alpha value is -1.71. The number of anilines is 2. The molecule has 94 valence electrons. The summed E-state index contributed by atoms with van der Waals surface area (Å²) in [4.78, 5) is 11.6. The molecular formula is C13H21N3O. The van der Waals surface area contributed by atoms with Gasteiger partial charge in [-0.2, -0.15) is 0 Å². The van der Waals surface area contributed by atoms with Crippen LogP contribution in [0.25, 0.3) is 0 Å². The van der Waals surface area contributed by atoms with Crippen LogP contribution in [0.1, 0.15) is 19.4 Å². The molecule has 0 aliphatic heterocycles. The largest absolute Gasteiger partial charge is 0.399 e. The van der Waals surface area contributed by atoms with Gasteiger partial charge >= 0.3 is 0 Å². The summed E-state index contributed by atoms with van der Waals surface area (Å²) >= 11 is 0. The van der Waals surface area contributed by atoms with Gasteiger partial charge < -0.3 is 16.4 Å². The van der Waals surface area contributed by atoms with Crippen LogP contribution in [-0.2, 0) is 4.79 Å². The molecule has 0 saturated heterocycles. The summed E-state index contributed by atoms with van der Waals surface area (Å²) in [5, 5.41) is 5.93. The zero-order valence-corrected chi connectivity index (χ0v) is 10.9. The highest BCUT2D eigenvalue weighted by atomic mass is 16.2. The zero-order valence-electron chi connectivity index (χ0n) is 10.9. The molecule has 0 aliphatic carbocycles. The van der Waals surface area contributed by atoms with Gasteiger partial charge in [0.25, 0.3) is 0 Å². The maximum atomic E-state index is 11.6. The van der Waals surface area contributed by atoms with E-state index in [-0.39, 0.29) is 5.91 Å². The first-order valence-corrected chi connectivity index (χ1v) is 5.69. The third-order valence-corrected chi connectivity index (χ3v) is 2.82. The number of rotatable bonds is 4. The van der Waals surface area contributed by atoms with Gasteiger partial charge in [-0.15, -0.1) is 0 Å². The Morgan fingerprint density at radius 3 is 2.65 bits per heavy atom. The topological polar surface area (TPSA) is 67.2 Å². The molecule has 0 atom stereocenters. The average Bonchev–Trinajstić information content (AvgIpc) is 2.29. The van der Waals surface area contributed by atoms with Crippen molar-refractivity contribution in [2.75, 3.05) is 24.6 Å². The molecule has 1 rings (SSSR count). The Balaban J connectivity index is 2.73. The number of carbonyl (C=O) groups is 1. The zero-order chi connectivity index (χ0) is 13.1. The van der Waals surface area contributed by atoms with Gasteiger partial charge in [-0.1, -0.05) is 6.07 Å². The number of hydrogen-bond donors (Lipinski definition) is 3. The molecule has 1 aromatic rings. The Morgan fingerprint density at radius 1 is 1.41 bits per heavy atom. The van der Waals surface area contributed by atoms with Gasteiger partial charge in [-0.25, -0.2) is 0 Å². The van der Waals surface area contributed by atoms with Crippen molar-refractivity contribution in [3.63, 3.8) is 0 Å². The second-order valence-electron chi connectivity index (χ2n) is 4.89. The van der Waals surface area contributed by atoms with Gasteiger partial charge in [-0.05, 0) is 38.5 Å². The van der Waals surface area contributed by atoms with Gasteiger partial charge in [0, 0.05) is 25.0 Å². The van der Waals surface area contributed by atoms with Crippen LogP contribution in [0.4, 0.5) is 11.4 Å². The summed E-state index contributed by atoms with van der Waals surface area (Å²) in [6, 6.07) is 5.71. The molecule has 17 heavy (non-hydrogen) atoms. The smallest absolute Gasteiger partial charge is 0.227 e. The summed E-state index contributed by atoms with van der Waals surface area (Å²) < 4.78 is 0. The number of benzene rings is 1. The second kappa shape index (κ2) is 5.08. The van der Waals surface area contributed by atoms with E-state index in [1.165, 1.54) is 0 Å². The van der Waals surface area contributed by atoms with Crippen molar-refractivity contribution in [1.29, 1.82) is 0 Å². The normalized spacial score (nSPS) is 11.1. The number of nitrogens with one attached hydrogen (secondary N) is 2. The van der Waals surface area contributed by atoms with Crippen LogP contribution in [0.2, 0.25) is 0 Å². The first kappa shape index (κ1) is 13.4. The van der Waals surface area contributed by atoms with Crippen LogP contribution < -0.4 is 16.4 Å². The molecule has 1 amide bonds. The molecule has 0 bridgehead atoms. The van der Waals surface area contributed by atoms with E-state index in [9.17, 15) is 4.79 Å². The number of hydrogen-bond acceptors (Lipinski definition) is 3. The molecular weight excluding hydrogens is 214 g/mol. The standard InChI is InChI=1S/C13H21N3O/c1-9-5-6-10(14)7-11(9)16-8-13(2,3)12(17)15-4/h5-7,16H,8,14H2,1-4H3,(H,15,17). The third-order valence-electron chi connectivity index (χ3n) is 2.82. The fourth-order valence-electron chi connectivity index (χ4n) is 1.56. The second-order valence-corrected chi connectivity index (χ2v) is 4.89. The summed E-state index contributed by atoms with van der Waals surface area (Å²) in [7, 11) is 1.65. The number of nitrogen functional groups attached to an aromatic ring is 1. The Labute approximate surface area is 103 Å². The van der Waals surface area contributed by atoms with E-state index in [1.54, 1.807) is 7.05 Å². The highest BCUT2D eigenvalue weighted by Gasteiger charge is 2.26. The molecule has 0 fully saturated rings. The number of nitrogens with two attached hydrogens (primary N) is 1. The maximum absolute atomic E-state index is 11.6. The van der Waals surface area contributed by atoms with Crippen molar-refractivity contribution in [3.8, 4) is 0 Å². The number of aryl methyl sites for hydroxylation is 1. The molecule has 0 saturated carbocycles. The van der Waals surface area contributed by atoms with Crippen molar-refractivity contribution in [2.45, 2.75) is 20.8 Å². The van der Waals surface area contributed by atoms with E-state index in [0.29, 0.717) is 6.54 Å². The summed E-state index contributed by atoms with van der Waals surface area (Å²) in [6.07, 6.45) is 0. The van der Waals surface area contributed by atoms with Crippen LogP contribution in [0.3, 0.4) is 0 Å². The third kappa shape index (κ3) is 3.37. The van der Waals surface area contributed by atoms with Crippen LogP contribution in [-0.4, -0.2) is 19.5 Å².